The highest BCUT2D eigenvalue weighted by Crippen LogP contribution is 2.27. The number of nitrogens with zero attached hydrogens (tertiary/aromatic N) is 1. The zero-order chi connectivity index (χ0) is 15.4. The van der Waals surface area contributed by atoms with Crippen molar-refractivity contribution in [1.29, 1.82) is 0 Å². The molecule has 5 nitrogen and oxygen atoms in total. The molecule has 1 amide bonds. The minimum absolute atomic E-state index is 0.241. The number of hydrogen-bond acceptors (Lipinski definition) is 4. The molecule has 0 saturated heterocycles. The Morgan fingerprint density at radius 3 is 2.71 bits per heavy atom. The van der Waals surface area contributed by atoms with E-state index in [1.807, 2.05) is 0 Å². The van der Waals surface area contributed by atoms with Crippen molar-refractivity contribution in [1.82, 2.24) is 4.98 Å². The maximum atomic E-state index is 12.1. The van der Waals surface area contributed by atoms with Gasteiger partial charge in [-0.3, -0.25) is 9.78 Å². The molecule has 0 bridgehead atoms. The van der Waals surface area contributed by atoms with Crippen molar-refractivity contribution in [2.24, 2.45) is 5.73 Å². The van der Waals surface area contributed by atoms with Gasteiger partial charge in [-0.25, -0.2) is 0 Å². The number of rotatable bonds is 4. The van der Waals surface area contributed by atoms with Crippen LogP contribution in [0.1, 0.15) is 16.1 Å². The minimum atomic E-state index is -0.335. The number of thiocarbonyl (C=S) groups is 1. The number of nitrogens with two attached hydrogens (primary N) is 1. The van der Waals surface area contributed by atoms with Crippen molar-refractivity contribution >= 4 is 44.7 Å². The fourth-order valence-corrected chi connectivity index (χ4v) is 2.05. The fourth-order valence-electron chi connectivity index (χ4n) is 1.59. The van der Waals surface area contributed by atoms with Crippen molar-refractivity contribution in [2.45, 2.75) is 0 Å². The molecule has 0 fully saturated rings. The maximum absolute atomic E-state index is 12.1. The molecule has 3 N–H and O–H groups in total. The molecule has 2 aromatic rings. The summed E-state index contributed by atoms with van der Waals surface area (Å²) in [6.45, 7) is 0. The first-order chi connectivity index (χ1) is 10.0. The maximum Gasteiger partial charge on any atom is 0.274 e. The first-order valence-electron chi connectivity index (χ1n) is 5.92. The summed E-state index contributed by atoms with van der Waals surface area (Å²) in [5.41, 5.74) is 6.97. The smallest absolute Gasteiger partial charge is 0.274 e. The summed E-state index contributed by atoms with van der Waals surface area (Å²) < 4.78 is 5.87. The van der Waals surface area contributed by atoms with Crippen molar-refractivity contribution in [3.8, 4) is 5.75 Å². The number of ether oxygens (including phenoxy) is 1. The van der Waals surface area contributed by atoms with E-state index in [9.17, 15) is 4.79 Å². The standard InChI is InChI=1S/C14H12BrN3O2S/c1-20-9-3-4-10(15)12(6-9)18-14(19)11-5-2-8(7-17-11)13(16)21/h2-7H,1H3,(H2,16,21)(H,18,19). The average Bonchev–Trinajstić information content (AvgIpc) is 2.49. The summed E-state index contributed by atoms with van der Waals surface area (Å²) in [5, 5.41) is 2.76. The van der Waals surface area contributed by atoms with Gasteiger partial charge >= 0.3 is 0 Å². The number of amides is 1. The van der Waals surface area contributed by atoms with Crippen LogP contribution < -0.4 is 15.8 Å². The number of carbonyl (C=O) groups is 1. The number of halogens is 1. The molecule has 0 saturated carbocycles. The van der Waals surface area contributed by atoms with E-state index in [0.29, 0.717) is 17.0 Å². The predicted octanol–water partition coefficient (Wildman–Crippen LogP) is 2.74. The first-order valence-corrected chi connectivity index (χ1v) is 7.12. The number of aromatic nitrogens is 1. The quantitative estimate of drug-likeness (QED) is 0.814. The van der Waals surface area contributed by atoms with E-state index in [2.05, 4.69) is 26.2 Å². The lowest BCUT2D eigenvalue weighted by molar-refractivity contribution is 0.102. The fraction of sp³-hybridized carbons (Fsp3) is 0.0714. The van der Waals surface area contributed by atoms with E-state index in [0.717, 1.165) is 4.47 Å². The second kappa shape index (κ2) is 6.64. The van der Waals surface area contributed by atoms with E-state index in [-0.39, 0.29) is 16.6 Å². The molecule has 0 radical (unpaired) electrons. The zero-order valence-corrected chi connectivity index (χ0v) is 13.5. The van der Waals surface area contributed by atoms with Crippen LogP contribution >= 0.6 is 28.1 Å². The van der Waals surface area contributed by atoms with Crippen LogP contribution in [0.4, 0.5) is 5.69 Å². The Balaban J connectivity index is 2.19. The molecular weight excluding hydrogens is 354 g/mol. The third kappa shape index (κ3) is 3.77. The summed E-state index contributed by atoms with van der Waals surface area (Å²) in [7, 11) is 1.56. The van der Waals surface area contributed by atoms with E-state index in [1.165, 1.54) is 6.20 Å². The van der Waals surface area contributed by atoms with Gasteiger partial charge in [0.1, 0.15) is 16.4 Å². The third-order valence-corrected chi connectivity index (χ3v) is 3.63. The summed E-state index contributed by atoms with van der Waals surface area (Å²) in [6, 6.07) is 8.51. The van der Waals surface area contributed by atoms with Crippen LogP contribution in [0.15, 0.2) is 41.0 Å². The highest BCUT2D eigenvalue weighted by Gasteiger charge is 2.11. The van der Waals surface area contributed by atoms with Crippen LogP contribution in [0.3, 0.4) is 0 Å². The molecule has 0 aliphatic heterocycles. The number of carbonyl (C=O) groups excluding carboxylic acids is 1. The van der Waals surface area contributed by atoms with E-state index < -0.39 is 0 Å². The Morgan fingerprint density at radius 1 is 1.38 bits per heavy atom. The predicted molar refractivity (Wildman–Crippen MR) is 88.8 cm³/mol. The van der Waals surface area contributed by atoms with Crippen molar-refractivity contribution in [2.75, 3.05) is 12.4 Å². The highest BCUT2D eigenvalue weighted by atomic mass is 79.9. The van der Waals surface area contributed by atoms with E-state index >= 15 is 0 Å². The van der Waals surface area contributed by atoms with Crippen molar-refractivity contribution in [3.63, 3.8) is 0 Å². The number of nitrogens with one attached hydrogen (secondary N) is 1. The second-order valence-electron chi connectivity index (χ2n) is 4.10. The van der Waals surface area contributed by atoms with Gasteiger partial charge in [0.25, 0.3) is 5.91 Å². The number of benzene rings is 1. The third-order valence-electron chi connectivity index (χ3n) is 2.70. The summed E-state index contributed by atoms with van der Waals surface area (Å²) in [4.78, 5) is 16.4. The van der Waals surface area contributed by atoms with Crippen LogP contribution in [0, 0.1) is 0 Å². The topological polar surface area (TPSA) is 77.2 Å². The van der Waals surface area contributed by atoms with Crippen LogP contribution in [-0.2, 0) is 0 Å². The van der Waals surface area contributed by atoms with Crippen LogP contribution in [-0.4, -0.2) is 23.0 Å². The van der Waals surface area contributed by atoms with Gasteiger partial charge in [0.15, 0.2) is 0 Å². The number of pyridine rings is 1. The van der Waals surface area contributed by atoms with Crippen LogP contribution in [0.25, 0.3) is 0 Å². The molecule has 108 valence electrons. The van der Waals surface area contributed by atoms with E-state index in [1.54, 1.807) is 37.4 Å². The molecule has 1 aromatic carbocycles. The van der Waals surface area contributed by atoms with Gasteiger partial charge in [-0.2, -0.15) is 0 Å². The van der Waals surface area contributed by atoms with Crippen molar-refractivity contribution < 1.29 is 9.53 Å². The monoisotopic (exact) mass is 365 g/mol. The lowest BCUT2D eigenvalue weighted by atomic mass is 10.2. The Kier molecular flexibility index (Phi) is 4.87. The largest absolute Gasteiger partial charge is 0.497 e. The highest BCUT2D eigenvalue weighted by molar-refractivity contribution is 9.10. The Bertz CT molecular complexity index is 689. The molecule has 0 spiro atoms. The Labute approximate surface area is 135 Å². The lowest BCUT2D eigenvalue weighted by Gasteiger charge is -2.09. The van der Waals surface area contributed by atoms with Gasteiger partial charge in [-0.05, 0) is 40.2 Å². The lowest BCUT2D eigenvalue weighted by Crippen LogP contribution is -2.15. The number of anilines is 1. The summed E-state index contributed by atoms with van der Waals surface area (Å²) in [6.07, 6.45) is 1.47. The summed E-state index contributed by atoms with van der Waals surface area (Å²) in [5.74, 6) is 0.309. The first kappa shape index (κ1) is 15.4. The van der Waals surface area contributed by atoms with Gasteiger partial charge in [0.05, 0.1) is 12.8 Å². The number of methoxy groups -OCH3 is 1. The second-order valence-corrected chi connectivity index (χ2v) is 5.39. The van der Waals surface area contributed by atoms with Gasteiger partial charge in [-0.15, -0.1) is 0 Å². The van der Waals surface area contributed by atoms with Crippen LogP contribution in [0.5, 0.6) is 5.75 Å². The summed E-state index contributed by atoms with van der Waals surface area (Å²) >= 11 is 8.20. The normalized spacial score (nSPS) is 10.0. The molecule has 0 aliphatic rings. The molecule has 0 aliphatic carbocycles. The van der Waals surface area contributed by atoms with Gasteiger partial charge in [0, 0.05) is 22.3 Å². The Morgan fingerprint density at radius 2 is 2.14 bits per heavy atom. The molecule has 0 atom stereocenters. The van der Waals surface area contributed by atoms with Gasteiger partial charge in [-0.1, -0.05) is 12.2 Å². The molecule has 1 aromatic heterocycles. The zero-order valence-electron chi connectivity index (χ0n) is 11.1. The molecule has 2 rings (SSSR count). The van der Waals surface area contributed by atoms with E-state index in [4.69, 9.17) is 22.7 Å². The molecule has 0 unspecified atom stereocenters. The van der Waals surface area contributed by atoms with Crippen molar-refractivity contribution in [3.05, 3.63) is 52.3 Å². The SMILES string of the molecule is COc1ccc(Br)c(NC(=O)c2ccc(C(N)=S)cn2)c1. The van der Waals surface area contributed by atoms with Gasteiger partial charge < -0.3 is 15.8 Å². The average molecular weight is 366 g/mol. The molecule has 7 heteroatoms. The Hall–Kier alpha value is -1.99. The molecule has 21 heavy (non-hydrogen) atoms. The minimum Gasteiger partial charge on any atom is -0.497 e. The van der Waals surface area contributed by atoms with Gasteiger partial charge in [0.2, 0.25) is 0 Å². The molecular formula is C14H12BrN3O2S. The van der Waals surface area contributed by atoms with Crippen LogP contribution in [0.2, 0.25) is 0 Å². The number of hydrogen-bond donors (Lipinski definition) is 2. The molecule has 1 heterocycles.